The first-order chi connectivity index (χ1) is 10.2. The van der Waals surface area contributed by atoms with Crippen molar-refractivity contribution in [2.24, 2.45) is 0 Å². The van der Waals surface area contributed by atoms with Gasteiger partial charge in [0.1, 0.15) is 24.4 Å². The van der Waals surface area contributed by atoms with E-state index in [1.54, 1.807) is 0 Å². The van der Waals surface area contributed by atoms with Gasteiger partial charge < -0.3 is 29.9 Å². The van der Waals surface area contributed by atoms with E-state index in [4.69, 9.17) is 19.1 Å². The number of rotatable bonds is 7. The van der Waals surface area contributed by atoms with Gasteiger partial charge in [0.25, 0.3) is 10.1 Å². The van der Waals surface area contributed by atoms with Gasteiger partial charge in [-0.05, 0) is 12.8 Å². The molecule has 0 aromatic carbocycles. The van der Waals surface area contributed by atoms with Crippen molar-refractivity contribution in [2.75, 3.05) is 12.4 Å². The summed E-state index contributed by atoms with van der Waals surface area (Å²) in [4.78, 5) is 11.5. The van der Waals surface area contributed by atoms with E-state index in [2.05, 4.69) is 0 Å². The summed E-state index contributed by atoms with van der Waals surface area (Å²) >= 11 is 0. The predicted molar refractivity (Wildman–Crippen MR) is 70.1 cm³/mol. The Kier molecular flexibility index (Phi) is 7.12. The molecule has 1 aliphatic heterocycles. The highest BCUT2D eigenvalue weighted by Crippen LogP contribution is 2.22. The molecule has 0 bridgehead atoms. The summed E-state index contributed by atoms with van der Waals surface area (Å²) in [7, 11) is -4.09. The Balaban J connectivity index is 2.42. The van der Waals surface area contributed by atoms with Gasteiger partial charge in [0, 0.05) is 6.42 Å². The van der Waals surface area contributed by atoms with Crippen LogP contribution in [-0.4, -0.2) is 82.4 Å². The minimum Gasteiger partial charge on any atom is -0.433 e. The maximum absolute atomic E-state index is 11.5. The highest BCUT2D eigenvalue weighted by atomic mass is 32.2. The lowest BCUT2D eigenvalue weighted by Crippen LogP contribution is -2.59. The number of aliphatic hydroxyl groups excluding tert-OH is 4. The lowest BCUT2D eigenvalue weighted by Gasteiger charge is -2.39. The predicted octanol–water partition coefficient (Wildman–Crippen LogP) is -2.61. The third-order valence-corrected chi connectivity index (χ3v) is 3.93. The van der Waals surface area contributed by atoms with E-state index in [-0.39, 0.29) is 19.3 Å². The maximum Gasteiger partial charge on any atom is 0.308 e. The van der Waals surface area contributed by atoms with Crippen LogP contribution in [0.2, 0.25) is 0 Å². The van der Waals surface area contributed by atoms with Gasteiger partial charge in [-0.25, -0.2) is 0 Å². The largest absolute Gasteiger partial charge is 0.433 e. The Bertz CT molecular complexity index is 461. The third kappa shape index (κ3) is 5.76. The Morgan fingerprint density at radius 1 is 1.09 bits per heavy atom. The molecule has 1 fully saturated rings. The molecule has 0 radical (unpaired) electrons. The van der Waals surface area contributed by atoms with Crippen molar-refractivity contribution in [1.29, 1.82) is 0 Å². The molecular weight excluding hydrogens is 324 g/mol. The van der Waals surface area contributed by atoms with Crippen molar-refractivity contribution in [3.05, 3.63) is 0 Å². The van der Waals surface area contributed by atoms with Crippen molar-refractivity contribution < 1.29 is 47.7 Å². The fraction of sp³-hybridized carbons (Fsp3) is 0.909. The number of carbonyl (C=O) groups is 1. The molecule has 0 aliphatic carbocycles. The van der Waals surface area contributed by atoms with Crippen molar-refractivity contribution in [3.63, 3.8) is 0 Å². The van der Waals surface area contributed by atoms with Crippen LogP contribution in [0, 0.1) is 0 Å². The first-order valence-corrected chi connectivity index (χ1v) is 8.22. The number of aliphatic hydroxyl groups is 4. The van der Waals surface area contributed by atoms with Crippen molar-refractivity contribution >= 4 is 16.1 Å². The van der Waals surface area contributed by atoms with Gasteiger partial charge in [0.15, 0.2) is 0 Å². The first-order valence-electron chi connectivity index (χ1n) is 6.61. The Hall–Kier alpha value is -0.820. The Morgan fingerprint density at radius 3 is 2.27 bits per heavy atom. The van der Waals surface area contributed by atoms with Gasteiger partial charge in [-0.15, -0.1) is 0 Å². The van der Waals surface area contributed by atoms with Crippen LogP contribution in [0.4, 0.5) is 0 Å². The van der Waals surface area contributed by atoms with Crippen LogP contribution >= 0.6 is 0 Å². The third-order valence-electron chi connectivity index (χ3n) is 3.13. The molecule has 0 aromatic heterocycles. The SMILES string of the molecule is O=C(CCCCS(=O)(=O)O)OC1O[C@H](CO)[C@@H](O)[C@H](O)[C@H]1O. The van der Waals surface area contributed by atoms with Crippen LogP contribution < -0.4 is 0 Å². The molecule has 0 aromatic rings. The molecule has 0 saturated carbocycles. The molecule has 10 nitrogen and oxygen atoms in total. The normalized spacial score (nSPS) is 32.7. The molecule has 1 unspecified atom stereocenters. The van der Waals surface area contributed by atoms with Crippen molar-refractivity contribution in [3.8, 4) is 0 Å². The van der Waals surface area contributed by atoms with Gasteiger partial charge in [0.05, 0.1) is 12.4 Å². The minimum atomic E-state index is -4.09. The van der Waals surface area contributed by atoms with Crippen molar-refractivity contribution in [1.82, 2.24) is 0 Å². The van der Waals surface area contributed by atoms with Crippen LogP contribution in [-0.2, 0) is 24.4 Å². The summed E-state index contributed by atoms with van der Waals surface area (Å²) in [5, 5.41) is 37.7. The topological polar surface area (TPSA) is 171 Å². The first kappa shape index (κ1) is 19.2. The van der Waals surface area contributed by atoms with Gasteiger partial charge in [-0.3, -0.25) is 9.35 Å². The summed E-state index contributed by atoms with van der Waals surface area (Å²) in [6.45, 7) is -0.645. The molecule has 5 atom stereocenters. The smallest absolute Gasteiger partial charge is 0.308 e. The van der Waals surface area contributed by atoms with Gasteiger partial charge in [-0.2, -0.15) is 8.42 Å². The average Bonchev–Trinajstić information content (AvgIpc) is 2.43. The van der Waals surface area contributed by atoms with Gasteiger partial charge in [0.2, 0.25) is 6.29 Å². The Morgan fingerprint density at radius 2 is 1.73 bits per heavy atom. The highest BCUT2D eigenvalue weighted by Gasteiger charge is 2.45. The number of hydrogen-bond donors (Lipinski definition) is 5. The fourth-order valence-electron chi connectivity index (χ4n) is 1.91. The number of unbranched alkanes of at least 4 members (excludes halogenated alkanes) is 1. The van der Waals surface area contributed by atoms with E-state index in [1.807, 2.05) is 0 Å². The molecular formula is C11H20O10S. The number of hydrogen-bond acceptors (Lipinski definition) is 9. The molecule has 5 N–H and O–H groups in total. The summed E-state index contributed by atoms with van der Waals surface area (Å²) in [5.41, 5.74) is 0. The average molecular weight is 344 g/mol. The van der Waals surface area contributed by atoms with E-state index < -0.39 is 59.2 Å². The lowest BCUT2D eigenvalue weighted by molar-refractivity contribution is -0.292. The van der Waals surface area contributed by atoms with E-state index in [0.717, 1.165) is 0 Å². The summed E-state index contributed by atoms with van der Waals surface area (Å²) in [6.07, 6.45) is -7.64. The van der Waals surface area contributed by atoms with Crippen LogP contribution in [0.15, 0.2) is 0 Å². The van der Waals surface area contributed by atoms with Gasteiger partial charge >= 0.3 is 5.97 Å². The molecule has 1 heterocycles. The molecule has 130 valence electrons. The van der Waals surface area contributed by atoms with E-state index in [9.17, 15) is 28.5 Å². The number of esters is 1. The lowest BCUT2D eigenvalue weighted by atomic mass is 9.99. The van der Waals surface area contributed by atoms with Crippen LogP contribution in [0.25, 0.3) is 0 Å². The highest BCUT2D eigenvalue weighted by molar-refractivity contribution is 7.85. The van der Waals surface area contributed by atoms with Crippen LogP contribution in [0.5, 0.6) is 0 Å². The fourth-order valence-corrected chi connectivity index (χ4v) is 2.48. The van der Waals surface area contributed by atoms with Crippen LogP contribution in [0.3, 0.4) is 0 Å². The zero-order valence-electron chi connectivity index (χ0n) is 11.6. The standard InChI is InChI=1S/C11H20O10S/c12-5-6-8(14)9(15)10(16)11(20-6)21-7(13)3-1-2-4-22(17,18)19/h6,8-12,14-16H,1-5H2,(H,17,18,19)/t6-,8-,9+,10-,11?/m1/s1. The Labute approximate surface area is 127 Å². The molecule has 1 aliphatic rings. The molecule has 1 rings (SSSR count). The summed E-state index contributed by atoms with van der Waals surface area (Å²) < 4.78 is 39.2. The number of carbonyl (C=O) groups excluding carboxylic acids is 1. The van der Waals surface area contributed by atoms with E-state index >= 15 is 0 Å². The van der Waals surface area contributed by atoms with Gasteiger partial charge in [-0.1, -0.05) is 0 Å². The molecule has 0 amide bonds. The summed E-state index contributed by atoms with van der Waals surface area (Å²) in [6, 6.07) is 0. The van der Waals surface area contributed by atoms with E-state index in [1.165, 1.54) is 0 Å². The second kappa shape index (κ2) is 8.15. The number of ether oxygens (including phenoxy) is 2. The minimum absolute atomic E-state index is 0.0443. The zero-order chi connectivity index (χ0) is 16.9. The quantitative estimate of drug-likeness (QED) is 0.187. The van der Waals surface area contributed by atoms with Crippen molar-refractivity contribution in [2.45, 2.75) is 50.0 Å². The molecule has 0 spiro atoms. The second-order valence-corrected chi connectivity index (χ2v) is 6.50. The maximum atomic E-state index is 11.5. The monoisotopic (exact) mass is 344 g/mol. The molecule has 1 saturated heterocycles. The summed E-state index contributed by atoms with van der Waals surface area (Å²) in [5.74, 6) is -1.31. The molecule has 22 heavy (non-hydrogen) atoms. The molecule has 11 heteroatoms. The van der Waals surface area contributed by atoms with E-state index in [0.29, 0.717) is 0 Å². The van der Waals surface area contributed by atoms with Crippen LogP contribution in [0.1, 0.15) is 19.3 Å². The zero-order valence-corrected chi connectivity index (χ0v) is 12.4. The second-order valence-electron chi connectivity index (χ2n) is 4.93.